The van der Waals surface area contributed by atoms with Crippen LogP contribution in [0.2, 0.25) is 0 Å². The number of nitrogens with zero attached hydrogens (tertiary/aromatic N) is 5. The van der Waals surface area contributed by atoms with Gasteiger partial charge in [-0.15, -0.1) is 10.2 Å². The molecular formula is C13H15N5O. The molecule has 2 aromatic rings. The van der Waals surface area contributed by atoms with Crippen LogP contribution in [0, 0.1) is 0 Å². The van der Waals surface area contributed by atoms with Gasteiger partial charge in [0.2, 0.25) is 5.82 Å². The second kappa shape index (κ2) is 4.79. The average Bonchev–Trinajstić information content (AvgIpc) is 2.87. The molecule has 3 rings (SSSR count). The highest BCUT2D eigenvalue weighted by molar-refractivity contribution is 5.81. The lowest BCUT2D eigenvalue weighted by Gasteiger charge is -2.28. The molecule has 1 saturated heterocycles. The number of tetrazole rings is 1. The summed E-state index contributed by atoms with van der Waals surface area (Å²) in [5.41, 5.74) is 2.09. The molecule has 0 N–H and O–H groups in total. The lowest BCUT2D eigenvalue weighted by Crippen LogP contribution is -2.33. The summed E-state index contributed by atoms with van der Waals surface area (Å²) in [6.07, 6.45) is 1.29. The van der Waals surface area contributed by atoms with Crippen LogP contribution in [0.15, 0.2) is 24.3 Å². The fourth-order valence-corrected chi connectivity index (χ4v) is 2.24. The smallest absolute Gasteiger partial charge is 0.204 e. The lowest BCUT2D eigenvalue weighted by molar-refractivity contribution is -0.119. The summed E-state index contributed by atoms with van der Waals surface area (Å²) in [4.78, 5) is 14.9. The van der Waals surface area contributed by atoms with E-state index in [2.05, 4.69) is 20.3 Å². The van der Waals surface area contributed by atoms with Gasteiger partial charge in [-0.2, -0.15) is 4.80 Å². The van der Waals surface area contributed by atoms with Gasteiger partial charge in [0.15, 0.2) is 0 Å². The zero-order valence-corrected chi connectivity index (χ0v) is 10.8. The van der Waals surface area contributed by atoms with Crippen molar-refractivity contribution in [2.45, 2.75) is 12.8 Å². The molecule has 19 heavy (non-hydrogen) atoms. The first-order valence-electron chi connectivity index (χ1n) is 6.33. The van der Waals surface area contributed by atoms with Crippen molar-refractivity contribution in [1.29, 1.82) is 0 Å². The minimum absolute atomic E-state index is 0.358. The van der Waals surface area contributed by atoms with Crippen molar-refractivity contribution in [2.75, 3.05) is 18.0 Å². The number of anilines is 1. The molecule has 1 aromatic carbocycles. The summed E-state index contributed by atoms with van der Waals surface area (Å²) < 4.78 is 0. The molecule has 0 radical (unpaired) electrons. The fraction of sp³-hybridized carbons (Fsp3) is 0.385. The molecule has 1 fully saturated rings. The Morgan fingerprint density at radius 2 is 1.79 bits per heavy atom. The maximum atomic E-state index is 11.2. The average molecular weight is 257 g/mol. The Hall–Kier alpha value is -2.24. The summed E-state index contributed by atoms with van der Waals surface area (Å²) in [7, 11) is 1.75. The third-order valence-corrected chi connectivity index (χ3v) is 3.32. The van der Waals surface area contributed by atoms with Crippen molar-refractivity contribution in [3.05, 3.63) is 24.3 Å². The van der Waals surface area contributed by atoms with E-state index < -0.39 is 0 Å². The predicted octanol–water partition coefficient (Wildman–Crippen LogP) is 1.05. The number of carbonyl (C=O) groups excluding carboxylic acids is 1. The molecule has 0 aliphatic carbocycles. The largest absolute Gasteiger partial charge is 0.371 e. The van der Waals surface area contributed by atoms with E-state index in [0.29, 0.717) is 24.4 Å². The first-order valence-corrected chi connectivity index (χ1v) is 6.33. The van der Waals surface area contributed by atoms with Crippen molar-refractivity contribution in [1.82, 2.24) is 20.2 Å². The van der Waals surface area contributed by atoms with Crippen LogP contribution in [0.1, 0.15) is 12.8 Å². The Bertz CT molecular complexity index is 579. The van der Waals surface area contributed by atoms with Crippen molar-refractivity contribution in [3.63, 3.8) is 0 Å². The normalized spacial score (nSPS) is 15.8. The molecule has 2 heterocycles. The first-order chi connectivity index (χ1) is 9.22. The number of ketones is 1. The molecule has 1 aliphatic rings. The number of hydrogen-bond acceptors (Lipinski definition) is 5. The van der Waals surface area contributed by atoms with Crippen molar-refractivity contribution >= 4 is 11.5 Å². The standard InChI is InChI=1S/C13H15N5O/c1-17-15-13(14-16-17)10-2-4-11(5-3-10)18-8-6-12(19)7-9-18/h2-5H,6-9H2,1H3. The maximum absolute atomic E-state index is 11.2. The number of rotatable bonds is 2. The lowest BCUT2D eigenvalue weighted by atomic mass is 10.1. The van der Waals surface area contributed by atoms with Crippen LogP contribution in [-0.2, 0) is 11.8 Å². The van der Waals surface area contributed by atoms with Gasteiger partial charge in [0.25, 0.3) is 0 Å². The molecule has 0 unspecified atom stereocenters. The van der Waals surface area contributed by atoms with Gasteiger partial charge in [-0.25, -0.2) is 0 Å². The van der Waals surface area contributed by atoms with E-state index in [-0.39, 0.29) is 0 Å². The molecule has 0 bridgehead atoms. The van der Waals surface area contributed by atoms with Crippen LogP contribution < -0.4 is 4.90 Å². The fourth-order valence-electron chi connectivity index (χ4n) is 2.24. The SMILES string of the molecule is Cn1nnc(-c2ccc(N3CCC(=O)CC3)cc2)n1. The Labute approximate surface area is 111 Å². The number of benzene rings is 1. The Morgan fingerprint density at radius 3 is 2.37 bits per heavy atom. The van der Waals surface area contributed by atoms with Gasteiger partial charge in [-0.3, -0.25) is 4.79 Å². The Kier molecular flexibility index (Phi) is 2.98. The summed E-state index contributed by atoms with van der Waals surface area (Å²) in [5, 5.41) is 12.0. The number of piperidine rings is 1. The van der Waals surface area contributed by atoms with Gasteiger partial charge in [0, 0.05) is 37.2 Å². The van der Waals surface area contributed by atoms with Gasteiger partial charge >= 0.3 is 0 Å². The van der Waals surface area contributed by atoms with E-state index in [1.807, 2.05) is 24.3 Å². The number of Topliss-reactive ketones (excluding diaryl/α,β-unsaturated/α-hetero) is 1. The third kappa shape index (κ3) is 2.47. The third-order valence-electron chi connectivity index (χ3n) is 3.32. The van der Waals surface area contributed by atoms with E-state index in [1.54, 1.807) is 7.05 Å². The predicted molar refractivity (Wildman–Crippen MR) is 70.7 cm³/mol. The zero-order chi connectivity index (χ0) is 13.2. The van der Waals surface area contributed by atoms with Gasteiger partial charge < -0.3 is 4.90 Å². The van der Waals surface area contributed by atoms with Gasteiger partial charge in [0.05, 0.1) is 7.05 Å². The molecule has 0 saturated carbocycles. The Balaban J connectivity index is 1.77. The van der Waals surface area contributed by atoms with E-state index in [0.717, 1.165) is 24.3 Å². The van der Waals surface area contributed by atoms with Gasteiger partial charge in [-0.1, -0.05) is 0 Å². The van der Waals surface area contributed by atoms with Crippen LogP contribution >= 0.6 is 0 Å². The zero-order valence-electron chi connectivity index (χ0n) is 10.8. The number of carbonyl (C=O) groups is 1. The molecule has 0 amide bonds. The highest BCUT2D eigenvalue weighted by atomic mass is 16.1. The number of aryl methyl sites for hydroxylation is 1. The van der Waals surface area contributed by atoms with E-state index in [1.165, 1.54) is 4.80 Å². The molecule has 0 spiro atoms. The number of hydrogen-bond donors (Lipinski definition) is 0. The molecule has 6 nitrogen and oxygen atoms in total. The minimum atomic E-state index is 0.358. The summed E-state index contributed by atoms with van der Waals surface area (Å²) in [5.74, 6) is 0.986. The van der Waals surface area contributed by atoms with E-state index in [4.69, 9.17) is 0 Å². The maximum Gasteiger partial charge on any atom is 0.204 e. The van der Waals surface area contributed by atoms with Crippen LogP contribution in [0.4, 0.5) is 5.69 Å². The van der Waals surface area contributed by atoms with Crippen molar-refractivity contribution in [2.24, 2.45) is 7.05 Å². The van der Waals surface area contributed by atoms with Crippen molar-refractivity contribution < 1.29 is 4.79 Å². The highest BCUT2D eigenvalue weighted by Gasteiger charge is 2.16. The quantitative estimate of drug-likeness (QED) is 0.804. The van der Waals surface area contributed by atoms with E-state index >= 15 is 0 Å². The second-order valence-electron chi connectivity index (χ2n) is 4.68. The molecule has 98 valence electrons. The summed E-state index contributed by atoms with van der Waals surface area (Å²) in [6, 6.07) is 8.06. The summed E-state index contributed by atoms with van der Waals surface area (Å²) >= 11 is 0. The Morgan fingerprint density at radius 1 is 1.11 bits per heavy atom. The topological polar surface area (TPSA) is 63.9 Å². The minimum Gasteiger partial charge on any atom is -0.371 e. The summed E-state index contributed by atoms with van der Waals surface area (Å²) in [6.45, 7) is 1.61. The van der Waals surface area contributed by atoms with Crippen molar-refractivity contribution in [3.8, 4) is 11.4 Å². The molecular weight excluding hydrogens is 242 g/mol. The second-order valence-corrected chi connectivity index (χ2v) is 4.68. The van der Waals surface area contributed by atoms with Crippen LogP contribution in [-0.4, -0.2) is 39.1 Å². The van der Waals surface area contributed by atoms with Gasteiger partial charge in [-0.05, 0) is 29.5 Å². The first kappa shape index (κ1) is 11.8. The van der Waals surface area contributed by atoms with E-state index in [9.17, 15) is 4.79 Å². The molecule has 0 atom stereocenters. The monoisotopic (exact) mass is 257 g/mol. The molecule has 1 aliphatic heterocycles. The van der Waals surface area contributed by atoms with Crippen LogP contribution in [0.5, 0.6) is 0 Å². The molecule has 1 aromatic heterocycles. The van der Waals surface area contributed by atoms with Crippen LogP contribution in [0.25, 0.3) is 11.4 Å². The van der Waals surface area contributed by atoms with Gasteiger partial charge in [0.1, 0.15) is 5.78 Å². The van der Waals surface area contributed by atoms with Crippen LogP contribution in [0.3, 0.4) is 0 Å². The number of aromatic nitrogens is 4. The molecule has 6 heteroatoms. The highest BCUT2D eigenvalue weighted by Crippen LogP contribution is 2.22.